The lowest BCUT2D eigenvalue weighted by molar-refractivity contribution is -0.141. The van der Waals surface area contributed by atoms with E-state index in [1.54, 1.807) is 4.90 Å². The van der Waals surface area contributed by atoms with E-state index in [1.165, 1.54) is 30.6 Å². The molecule has 1 aromatic heterocycles. The van der Waals surface area contributed by atoms with Gasteiger partial charge >= 0.3 is 5.97 Å². The first kappa shape index (κ1) is 18.8. The van der Waals surface area contributed by atoms with Gasteiger partial charge < -0.3 is 14.1 Å². The Kier molecular flexibility index (Phi) is 6.20. The fraction of sp³-hybridized carbons (Fsp3) is 0.412. The van der Waals surface area contributed by atoms with Crippen LogP contribution in [-0.2, 0) is 14.3 Å². The Bertz CT molecular complexity index is 796. The second-order valence-corrected chi connectivity index (χ2v) is 7.99. The van der Waals surface area contributed by atoms with Crippen LogP contribution < -0.4 is 0 Å². The highest BCUT2D eigenvalue weighted by Crippen LogP contribution is 2.25. The number of ether oxygens (including phenoxy) is 1. The minimum absolute atomic E-state index is 0.0560. The van der Waals surface area contributed by atoms with Crippen LogP contribution in [0.25, 0.3) is 11.5 Å². The highest BCUT2D eigenvalue weighted by molar-refractivity contribution is 8.00. The molecule has 0 aliphatic carbocycles. The zero-order chi connectivity index (χ0) is 18.5. The number of thioether (sulfide) groups is 2. The summed E-state index contributed by atoms with van der Waals surface area (Å²) in [7, 11) is 1.36. The Balaban J connectivity index is 1.56. The summed E-state index contributed by atoms with van der Waals surface area (Å²) in [6.07, 6.45) is 0. The number of aromatic nitrogens is 2. The Hall–Kier alpha value is -2.00. The molecule has 1 aromatic carbocycles. The van der Waals surface area contributed by atoms with Crippen LogP contribution in [0.2, 0.25) is 0 Å². The number of carbonyl (C=O) groups excluding carboxylic acids is 2. The number of hydrogen-bond donors (Lipinski definition) is 0. The lowest BCUT2D eigenvalue weighted by atomic mass is 10.1. The van der Waals surface area contributed by atoms with Crippen molar-refractivity contribution in [2.75, 3.05) is 31.7 Å². The van der Waals surface area contributed by atoms with Crippen molar-refractivity contribution in [1.29, 1.82) is 0 Å². The number of hydrogen-bond acceptors (Lipinski definition) is 8. The van der Waals surface area contributed by atoms with Crippen molar-refractivity contribution in [1.82, 2.24) is 15.1 Å². The zero-order valence-electron chi connectivity index (χ0n) is 14.5. The molecular weight excluding hydrogens is 374 g/mol. The number of carbonyl (C=O) groups is 2. The minimum Gasteiger partial charge on any atom is -0.468 e. The van der Waals surface area contributed by atoms with Crippen molar-refractivity contribution in [3.05, 3.63) is 29.8 Å². The maximum Gasteiger partial charge on any atom is 0.320 e. The van der Waals surface area contributed by atoms with Gasteiger partial charge in [-0.05, 0) is 19.1 Å². The fourth-order valence-electron chi connectivity index (χ4n) is 2.53. The number of rotatable bonds is 5. The topological polar surface area (TPSA) is 85.5 Å². The fourth-order valence-corrected chi connectivity index (χ4v) is 4.32. The van der Waals surface area contributed by atoms with E-state index in [2.05, 4.69) is 10.2 Å². The van der Waals surface area contributed by atoms with Crippen LogP contribution in [-0.4, -0.2) is 63.9 Å². The largest absolute Gasteiger partial charge is 0.468 e. The quantitative estimate of drug-likeness (QED) is 0.565. The predicted octanol–water partition coefficient (Wildman–Crippen LogP) is 2.25. The highest BCUT2D eigenvalue weighted by atomic mass is 32.2. The van der Waals surface area contributed by atoms with Gasteiger partial charge in [-0.3, -0.25) is 9.59 Å². The lowest BCUT2D eigenvalue weighted by Gasteiger charge is -2.30. The van der Waals surface area contributed by atoms with E-state index in [0.29, 0.717) is 30.0 Å². The lowest BCUT2D eigenvalue weighted by Crippen LogP contribution is -2.45. The Morgan fingerprint density at radius 1 is 1.42 bits per heavy atom. The minimum atomic E-state index is -0.320. The van der Waals surface area contributed by atoms with Gasteiger partial charge in [0.1, 0.15) is 5.25 Å². The van der Waals surface area contributed by atoms with Crippen LogP contribution in [0.5, 0.6) is 0 Å². The molecule has 0 N–H and O–H groups in total. The average molecular weight is 393 g/mol. The molecule has 138 valence electrons. The molecule has 1 atom stereocenters. The van der Waals surface area contributed by atoms with Gasteiger partial charge in [0.2, 0.25) is 11.8 Å². The number of amides is 1. The zero-order valence-corrected chi connectivity index (χ0v) is 16.1. The molecule has 0 bridgehead atoms. The average Bonchev–Trinajstić information content (AvgIpc) is 3.14. The Morgan fingerprint density at radius 3 is 3.04 bits per heavy atom. The first-order valence-electron chi connectivity index (χ1n) is 8.07. The first-order chi connectivity index (χ1) is 12.6. The molecule has 1 aliphatic rings. The van der Waals surface area contributed by atoms with Crippen molar-refractivity contribution >= 4 is 35.4 Å². The van der Waals surface area contributed by atoms with Crippen LogP contribution in [0.15, 0.2) is 33.9 Å². The number of esters is 1. The number of nitrogens with zero attached hydrogens (tertiary/aromatic N) is 3. The maximum atomic E-state index is 12.4. The summed E-state index contributed by atoms with van der Waals surface area (Å²) in [6, 6.07) is 7.79. The van der Waals surface area contributed by atoms with Crippen molar-refractivity contribution < 1.29 is 18.7 Å². The molecule has 7 nitrogen and oxygen atoms in total. The third-order valence-corrected chi connectivity index (χ3v) is 5.84. The van der Waals surface area contributed by atoms with E-state index in [0.717, 1.165) is 11.1 Å². The first-order valence-corrected chi connectivity index (χ1v) is 10.1. The molecule has 1 fully saturated rings. The van der Waals surface area contributed by atoms with Crippen LogP contribution >= 0.6 is 23.5 Å². The van der Waals surface area contributed by atoms with E-state index >= 15 is 0 Å². The van der Waals surface area contributed by atoms with Gasteiger partial charge in [-0.15, -0.1) is 22.0 Å². The summed E-state index contributed by atoms with van der Waals surface area (Å²) in [4.78, 5) is 25.7. The van der Waals surface area contributed by atoms with E-state index in [-0.39, 0.29) is 22.9 Å². The van der Waals surface area contributed by atoms with Crippen molar-refractivity contribution in [3.63, 3.8) is 0 Å². The molecule has 1 amide bonds. The number of benzene rings is 1. The summed E-state index contributed by atoms with van der Waals surface area (Å²) in [5, 5.41) is 8.06. The third-order valence-electron chi connectivity index (χ3n) is 3.87. The molecule has 2 heterocycles. The molecule has 1 aliphatic heterocycles. The van der Waals surface area contributed by atoms with Crippen LogP contribution in [0.4, 0.5) is 0 Å². The predicted molar refractivity (Wildman–Crippen MR) is 100 cm³/mol. The van der Waals surface area contributed by atoms with E-state index in [1.807, 2.05) is 31.2 Å². The normalized spacial score (nSPS) is 17.2. The molecule has 1 saturated heterocycles. The SMILES string of the molecule is COC(=O)[C@H]1CN(C(=O)CSc2nnc(-c3cccc(C)c3)o2)CCS1. The molecule has 0 unspecified atom stereocenters. The number of methoxy groups -OCH3 is 1. The number of aryl methyl sites for hydroxylation is 1. The van der Waals surface area contributed by atoms with E-state index < -0.39 is 0 Å². The van der Waals surface area contributed by atoms with Gasteiger partial charge in [-0.1, -0.05) is 29.5 Å². The standard InChI is InChI=1S/C17H19N3O4S2/c1-11-4-3-5-12(8-11)15-18-19-17(24-15)26-10-14(21)20-6-7-25-13(9-20)16(22)23-2/h3-5,8,13H,6-7,9-10H2,1-2H3/t13-/m1/s1. The maximum absolute atomic E-state index is 12.4. The van der Waals surface area contributed by atoms with Crippen molar-refractivity contribution in [3.8, 4) is 11.5 Å². The smallest absolute Gasteiger partial charge is 0.320 e. The third kappa shape index (κ3) is 4.59. The van der Waals surface area contributed by atoms with E-state index in [9.17, 15) is 9.59 Å². The van der Waals surface area contributed by atoms with Gasteiger partial charge in [0, 0.05) is 24.4 Å². The van der Waals surface area contributed by atoms with Crippen LogP contribution in [0.3, 0.4) is 0 Å². The molecule has 26 heavy (non-hydrogen) atoms. The molecule has 0 spiro atoms. The van der Waals surface area contributed by atoms with Gasteiger partial charge in [0.05, 0.1) is 12.9 Å². The summed E-state index contributed by atoms with van der Waals surface area (Å²) in [5.41, 5.74) is 1.96. The Morgan fingerprint density at radius 2 is 2.27 bits per heavy atom. The van der Waals surface area contributed by atoms with Crippen LogP contribution in [0.1, 0.15) is 5.56 Å². The van der Waals surface area contributed by atoms with E-state index in [4.69, 9.17) is 9.15 Å². The van der Waals surface area contributed by atoms with Gasteiger partial charge in [-0.25, -0.2) is 0 Å². The van der Waals surface area contributed by atoms with Gasteiger partial charge in [-0.2, -0.15) is 0 Å². The van der Waals surface area contributed by atoms with Crippen molar-refractivity contribution in [2.24, 2.45) is 0 Å². The summed E-state index contributed by atoms with van der Waals surface area (Å²) in [5.74, 6) is 0.991. The summed E-state index contributed by atoms with van der Waals surface area (Å²) in [6.45, 7) is 2.98. The molecule has 9 heteroatoms. The molecule has 3 rings (SSSR count). The summed E-state index contributed by atoms with van der Waals surface area (Å²) < 4.78 is 10.4. The Labute approximate surface area is 159 Å². The molecular formula is C17H19N3O4S2. The van der Waals surface area contributed by atoms with Crippen LogP contribution in [0, 0.1) is 6.92 Å². The van der Waals surface area contributed by atoms with Gasteiger partial charge in [0.25, 0.3) is 5.22 Å². The highest BCUT2D eigenvalue weighted by Gasteiger charge is 2.29. The van der Waals surface area contributed by atoms with Gasteiger partial charge in [0.15, 0.2) is 0 Å². The molecule has 2 aromatic rings. The molecule has 0 saturated carbocycles. The molecule has 0 radical (unpaired) electrons. The monoisotopic (exact) mass is 393 g/mol. The summed E-state index contributed by atoms with van der Waals surface area (Å²) >= 11 is 2.72. The second-order valence-electron chi connectivity index (χ2n) is 5.75. The van der Waals surface area contributed by atoms with Crippen molar-refractivity contribution in [2.45, 2.75) is 17.4 Å². The second kappa shape index (κ2) is 8.59.